The fourth-order valence-electron chi connectivity index (χ4n) is 2.71. The molecule has 0 aliphatic heterocycles. The van der Waals surface area contributed by atoms with Crippen LogP contribution in [0.25, 0.3) is 16.6 Å². The van der Waals surface area contributed by atoms with Crippen LogP contribution in [-0.4, -0.2) is 20.7 Å². The first-order valence-corrected chi connectivity index (χ1v) is 8.16. The van der Waals surface area contributed by atoms with E-state index in [1.807, 2.05) is 12.1 Å². The zero-order valence-electron chi connectivity index (χ0n) is 13.4. The van der Waals surface area contributed by atoms with Crippen LogP contribution in [0.5, 0.6) is 0 Å². The minimum Gasteiger partial charge on any atom is -0.322 e. The van der Waals surface area contributed by atoms with Crippen molar-refractivity contribution in [3.63, 3.8) is 0 Å². The van der Waals surface area contributed by atoms with Crippen molar-refractivity contribution in [1.29, 1.82) is 0 Å². The smallest absolute Gasteiger partial charge is 0.256 e. The van der Waals surface area contributed by atoms with Gasteiger partial charge < -0.3 is 5.32 Å². The van der Waals surface area contributed by atoms with E-state index in [9.17, 15) is 9.18 Å². The second-order valence-corrected chi connectivity index (χ2v) is 5.97. The third-order valence-electron chi connectivity index (χ3n) is 3.89. The first-order chi connectivity index (χ1) is 12.6. The standard InChI is InChI=1S/C19H12ClFN4O/c20-18-11-14(13-4-1-2-5-16(13)24-18)19(26)23-12-6-7-17(15(21)10-12)25-9-3-8-22-25/h1-11H,(H,23,26). The van der Waals surface area contributed by atoms with Gasteiger partial charge in [-0.1, -0.05) is 29.8 Å². The summed E-state index contributed by atoms with van der Waals surface area (Å²) < 4.78 is 15.8. The average Bonchev–Trinajstić information content (AvgIpc) is 3.15. The number of pyridine rings is 1. The number of amides is 1. The Bertz CT molecular complexity index is 1110. The van der Waals surface area contributed by atoms with Gasteiger partial charge in [0.1, 0.15) is 10.8 Å². The van der Waals surface area contributed by atoms with Gasteiger partial charge in [-0.15, -0.1) is 0 Å². The second kappa shape index (κ2) is 6.57. The summed E-state index contributed by atoms with van der Waals surface area (Å²) in [6.07, 6.45) is 3.20. The number of hydrogen-bond donors (Lipinski definition) is 1. The molecule has 0 saturated heterocycles. The van der Waals surface area contributed by atoms with E-state index in [2.05, 4.69) is 15.4 Å². The van der Waals surface area contributed by atoms with Crippen molar-refractivity contribution in [2.24, 2.45) is 0 Å². The molecule has 7 heteroatoms. The number of aromatic nitrogens is 3. The number of hydrogen-bond acceptors (Lipinski definition) is 3. The van der Waals surface area contributed by atoms with Gasteiger partial charge in [0, 0.05) is 23.5 Å². The van der Waals surface area contributed by atoms with Crippen LogP contribution in [-0.2, 0) is 0 Å². The van der Waals surface area contributed by atoms with Gasteiger partial charge in [0.25, 0.3) is 5.91 Å². The third kappa shape index (κ3) is 3.02. The molecule has 0 aliphatic carbocycles. The van der Waals surface area contributed by atoms with Crippen molar-refractivity contribution >= 4 is 34.1 Å². The molecule has 26 heavy (non-hydrogen) atoms. The number of anilines is 1. The molecule has 4 rings (SSSR count). The molecule has 0 spiro atoms. The number of carbonyl (C=O) groups excluding carboxylic acids is 1. The van der Waals surface area contributed by atoms with Crippen LogP contribution in [0, 0.1) is 5.82 Å². The van der Waals surface area contributed by atoms with E-state index in [0.717, 1.165) is 0 Å². The van der Waals surface area contributed by atoms with Gasteiger partial charge in [0.05, 0.1) is 11.1 Å². The molecule has 0 fully saturated rings. The molecule has 2 heterocycles. The van der Waals surface area contributed by atoms with E-state index >= 15 is 0 Å². The van der Waals surface area contributed by atoms with Gasteiger partial charge in [0.15, 0.2) is 5.82 Å². The lowest BCUT2D eigenvalue weighted by molar-refractivity contribution is 0.102. The lowest BCUT2D eigenvalue weighted by atomic mass is 10.1. The normalized spacial score (nSPS) is 10.8. The highest BCUT2D eigenvalue weighted by molar-refractivity contribution is 6.30. The van der Waals surface area contributed by atoms with Crippen LogP contribution < -0.4 is 5.32 Å². The molecule has 0 atom stereocenters. The lowest BCUT2D eigenvalue weighted by Gasteiger charge is -2.10. The Morgan fingerprint density at radius 2 is 1.96 bits per heavy atom. The zero-order valence-corrected chi connectivity index (χ0v) is 14.1. The molecule has 1 N–H and O–H groups in total. The summed E-state index contributed by atoms with van der Waals surface area (Å²) in [6.45, 7) is 0. The van der Waals surface area contributed by atoms with Gasteiger partial charge in [-0.05, 0) is 36.4 Å². The summed E-state index contributed by atoms with van der Waals surface area (Å²) in [6, 6.07) is 14.8. The van der Waals surface area contributed by atoms with E-state index < -0.39 is 11.7 Å². The predicted molar refractivity (Wildman–Crippen MR) is 98.2 cm³/mol. The van der Waals surface area contributed by atoms with Crippen LogP contribution in [0.3, 0.4) is 0 Å². The van der Waals surface area contributed by atoms with Gasteiger partial charge in [-0.3, -0.25) is 4.79 Å². The van der Waals surface area contributed by atoms with Gasteiger partial charge in [-0.2, -0.15) is 5.10 Å². The number of nitrogens with zero attached hydrogens (tertiary/aromatic N) is 3. The van der Waals surface area contributed by atoms with Gasteiger partial charge in [0.2, 0.25) is 0 Å². The second-order valence-electron chi connectivity index (χ2n) is 5.58. The van der Waals surface area contributed by atoms with Crippen molar-refractivity contribution in [2.75, 3.05) is 5.32 Å². The predicted octanol–water partition coefficient (Wildman–Crippen LogP) is 4.47. The summed E-state index contributed by atoms with van der Waals surface area (Å²) in [5.74, 6) is -0.888. The summed E-state index contributed by atoms with van der Waals surface area (Å²) in [5, 5.41) is 7.58. The van der Waals surface area contributed by atoms with Crippen molar-refractivity contribution < 1.29 is 9.18 Å². The summed E-state index contributed by atoms with van der Waals surface area (Å²) >= 11 is 6.01. The Hall–Kier alpha value is -3.25. The first kappa shape index (κ1) is 16.2. The highest BCUT2D eigenvalue weighted by Crippen LogP contribution is 2.23. The van der Waals surface area contributed by atoms with Crippen molar-refractivity contribution in [2.45, 2.75) is 0 Å². The zero-order chi connectivity index (χ0) is 18.1. The number of rotatable bonds is 3. The Morgan fingerprint density at radius 3 is 2.73 bits per heavy atom. The molecule has 0 saturated carbocycles. The molecule has 4 aromatic rings. The van der Waals surface area contributed by atoms with E-state index in [-0.39, 0.29) is 5.15 Å². The Kier molecular flexibility index (Phi) is 4.10. The number of benzene rings is 2. The minimum absolute atomic E-state index is 0.217. The minimum atomic E-state index is -0.496. The maximum Gasteiger partial charge on any atom is 0.256 e. The quantitative estimate of drug-likeness (QED) is 0.544. The van der Waals surface area contributed by atoms with Crippen LogP contribution in [0.2, 0.25) is 5.15 Å². The molecule has 0 aliphatic rings. The molecule has 2 aromatic heterocycles. The summed E-state index contributed by atoms with van der Waals surface area (Å²) in [7, 11) is 0. The average molecular weight is 367 g/mol. The lowest BCUT2D eigenvalue weighted by Crippen LogP contribution is -2.13. The van der Waals surface area contributed by atoms with Crippen molar-refractivity contribution in [1.82, 2.24) is 14.8 Å². The summed E-state index contributed by atoms with van der Waals surface area (Å²) in [5.41, 5.74) is 1.62. The Balaban J connectivity index is 1.66. The fraction of sp³-hybridized carbons (Fsp3) is 0. The van der Waals surface area contributed by atoms with Crippen LogP contribution >= 0.6 is 11.6 Å². The topological polar surface area (TPSA) is 59.8 Å². The van der Waals surface area contributed by atoms with Crippen molar-refractivity contribution in [3.05, 3.63) is 83.5 Å². The Labute approximate surface area is 153 Å². The molecule has 0 unspecified atom stereocenters. The number of nitrogens with one attached hydrogen (secondary N) is 1. The van der Waals surface area contributed by atoms with E-state index in [4.69, 9.17) is 11.6 Å². The molecule has 0 radical (unpaired) electrons. The number of halogens is 2. The monoisotopic (exact) mass is 366 g/mol. The summed E-state index contributed by atoms with van der Waals surface area (Å²) in [4.78, 5) is 16.9. The Morgan fingerprint density at radius 1 is 1.12 bits per heavy atom. The van der Waals surface area contributed by atoms with Gasteiger partial charge in [-0.25, -0.2) is 14.1 Å². The maximum absolute atomic E-state index is 14.3. The third-order valence-corrected chi connectivity index (χ3v) is 4.08. The maximum atomic E-state index is 14.3. The molecule has 2 aromatic carbocycles. The van der Waals surface area contributed by atoms with Crippen LogP contribution in [0.4, 0.5) is 10.1 Å². The molecule has 1 amide bonds. The van der Waals surface area contributed by atoms with Crippen LogP contribution in [0.15, 0.2) is 67.0 Å². The molecule has 5 nitrogen and oxygen atoms in total. The number of carbonyl (C=O) groups is 1. The molecular formula is C19H12ClFN4O. The highest BCUT2D eigenvalue weighted by Gasteiger charge is 2.14. The largest absolute Gasteiger partial charge is 0.322 e. The van der Waals surface area contributed by atoms with Crippen LogP contribution in [0.1, 0.15) is 10.4 Å². The molecule has 0 bridgehead atoms. The van der Waals surface area contributed by atoms with E-state index in [0.29, 0.717) is 27.8 Å². The van der Waals surface area contributed by atoms with E-state index in [1.54, 1.807) is 42.7 Å². The molecular weight excluding hydrogens is 355 g/mol. The van der Waals surface area contributed by atoms with E-state index in [1.165, 1.54) is 16.8 Å². The number of fused-ring (bicyclic) bond motifs is 1. The van der Waals surface area contributed by atoms with Crippen molar-refractivity contribution in [3.8, 4) is 5.69 Å². The first-order valence-electron chi connectivity index (χ1n) is 7.78. The highest BCUT2D eigenvalue weighted by atomic mass is 35.5. The SMILES string of the molecule is O=C(Nc1ccc(-n2cccn2)c(F)c1)c1cc(Cl)nc2ccccc12. The van der Waals surface area contributed by atoms with Gasteiger partial charge >= 0.3 is 0 Å². The fourth-order valence-corrected chi connectivity index (χ4v) is 2.91. The molecule has 128 valence electrons. The number of para-hydroxylation sites is 1.